The Hall–Kier alpha value is -4.53. The van der Waals surface area contributed by atoms with Crippen molar-refractivity contribution in [3.63, 3.8) is 0 Å². The van der Waals surface area contributed by atoms with E-state index < -0.39 is 24.0 Å². The fourth-order valence-electron chi connectivity index (χ4n) is 9.66. The average Bonchev–Trinajstić information content (AvgIpc) is 3.30. The lowest BCUT2D eigenvalue weighted by Crippen LogP contribution is -2.50. The van der Waals surface area contributed by atoms with Crippen molar-refractivity contribution in [2.75, 3.05) is 26.0 Å². The number of rotatable bonds is 18. The van der Waals surface area contributed by atoms with Crippen LogP contribution in [0.5, 0.6) is 11.5 Å². The Morgan fingerprint density at radius 2 is 1.81 bits per heavy atom. The average molecular weight is 806 g/mol. The number of phenols is 1. The van der Waals surface area contributed by atoms with Crippen molar-refractivity contribution in [2.24, 2.45) is 23.7 Å². The number of nitrogens with two attached hydrogens (primary N) is 1. The highest BCUT2D eigenvalue weighted by Crippen LogP contribution is 2.39. The monoisotopic (exact) mass is 805 g/mol. The number of ketones is 2. The SMILES string of the molecule is COc1cc2c(cc1O)C(CCC(O)CC(C=Cc1ccccc1)c1ccnc(N)c1)C#CC(C(O)CCCC(CCCO)C1CNC3CC(=O)CCC3C1)C(=O)CC2. The van der Waals surface area contributed by atoms with Gasteiger partial charge >= 0.3 is 0 Å². The maximum atomic E-state index is 13.8. The normalized spacial score (nSPS) is 24.0. The molecule has 3 aliphatic rings. The molecule has 0 bridgehead atoms. The predicted molar refractivity (Wildman–Crippen MR) is 231 cm³/mol. The molecule has 10 heteroatoms. The standard InChI is InChI=1S/C49H63N3O7/c1-59-48-27-37-17-21-46(57)42(45(56)11-5-9-33(10-6-24-53)39-25-38-15-19-41(55)29-44(38)52-31-39)20-16-34(43(37)30-47(48)58)14-18-40(54)26-35(36-22-23-51-49(50)28-36)13-12-32-7-3-2-4-8-32/h2-4,7-8,12-13,22-23,27-28,30,33-35,38-40,42,44-45,52-54,56,58H,5-6,9-11,14-15,17-19,21,24-26,29,31H2,1H3,(H2,50,51). The molecule has 10 nitrogen and oxygen atoms in total. The minimum atomic E-state index is -0.938. The van der Waals surface area contributed by atoms with E-state index in [1.54, 1.807) is 18.3 Å². The molecule has 0 radical (unpaired) electrons. The molecular weight excluding hydrogens is 743 g/mol. The van der Waals surface area contributed by atoms with Gasteiger partial charge in [-0.15, -0.1) is 0 Å². The number of phenolic OH excluding ortho intramolecular Hbond substituents is 1. The fraction of sp³-hybridized carbons (Fsp3) is 0.531. The van der Waals surface area contributed by atoms with Crippen LogP contribution in [0.25, 0.3) is 6.08 Å². The molecule has 1 saturated heterocycles. The van der Waals surface area contributed by atoms with Crippen LogP contribution in [0.1, 0.15) is 118 Å². The largest absolute Gasteiger partial charge is 0.504 e. The first-order valence-electron chi connectivity index (χ1n) is 21.7. The number of methoxy groups -OCH3 is 1. The molecule has 3 aromatic rings. The van der Waals surface area contributed by atoms with Crippen LogP contribution in [0.2, 0.25) is 0 Å². The zero-order valence-corrected chi connectivity index (χ0v) is 34.5. The molecule has 9 unspecified atom stereocenters. The summed E-state index contributed by atoms with van der Waals surface area (Å²) in [6, 6.07) is 17.5. The van der Waals surface area contributed by atoms with Crippen molar-refractivity contribution in [1.29, 1.82) is 0 Å². The van der Waals surface area contributed by atoms with Gasteiger partial charge in [0.15, 0.2) is 17.3 Å². The number of aryl methyl sites for hydroxylation is 1. The number of nitrogens with one attached hydrogen (secondary N) is 1. The van der Waals surface area contributed by atoms with Gasteiger partial charge in [0, 0.05) is 49.9 Å². The van der Waals surface area contributed by atoms with Gasteiger partial charge in [-0.25, -0.2) is 4.98 Å². The fourth-order valence-corrected chi connectivity index (χ4v) is 9.66. The smallest absolute Gasteiger partial charge is 0.160 e. The van der Waals surface area contributed by atoms with E-state index in [4.69, 9.17) is 10.5 Å². The van der Waals surface area contributed by atoms with E-state index in [-0.39, 0.29) is 36.5 Å². The lowest BCUT2D eigenvalue weighted by molar-refractivity contribution is -0.124. The number of carbonyl (C=O) groups is 2. The number of nitrogen functional groups attached to an aromatic ring is 1. The van der Waals surface area contributed by atoms with Crippen LogP contribution in [0.3, 0.4) is 0 Å². The third-order valence-electron chi connectivity index (χ3n) is 13.0. The molecule has 316 valence electrons. The Labute approximate surface area is 349 Å². The first-order valence-corrected chi connectivity index (χ1v) is 21.7. The maximum Gasteiger partial charge on any atom is 0.160 e. The van der Waals surface area contributed by atoms with E-state index in [1.807, 2.05) is 48.5 Å². The molecule has 59 heavy (non-hydrogen) atoms. The lowest BCUT2D eigenvalue weighted by atomic mass is 9.70. The van der Waals surface area contributed by atoms with Gasteiger partial charge in [0.05, 0.1) is 19.3 Å². The van der Waals surface area contributed by atoms with Gasteiger partial charge in [0.2, 0.25) is 0 Å². The van der Waals surface area contributed by atoms with E-state index in [1.165, 1.54) is 7.11 Å². The molecule has 7 N–H and O–H groups in total. The van der Waals surface area contributed by atoms with Crippen LogP contribution in [-0.4, -0.2) is 75.5 Å². The van der Waals surface area contributed by atoms with Crippen molar-refractivity contribution in [3.8, 4) is 23.3 Å². The zero-order valence-electron chi connectivity index (χ0n) is 34.5. The van der Waals surface area contributed by atoms with Gasteiger partial charge in [-0.2, -0.15) is 0 Å². The van der Waals surface area contributed by atoms with Crippen LogP contribution in [0, 0.1) is 35.5 Å². The summed E-state index contributed by atoms with van der Waals surface area (Å²) in [5.74, 6) is 7.44. The summed E-state index contributed by atoms with van der Waals surface area (Å²) in [7, 11) is 1.49. The van der Waals surface area contributed by atoms with Gasteiger partial charge < -0.3 is 36.2 Å². The quantitative estimate of drug-likeness (QED) is 0.0743. The van der Waals surface area contributed by atoms with Gasteiger partial charge in [0.1, 0.15) is 17.5 Å². The number of aromatic hydroxyl groups is 1. The molecular formula is C49H63N3O7. The highest BCUT2D eigenvalue weighted by atomic mass is 16.5. The van der Waals surface area contributed by atoms with Crippen LogP contribution in [0.4, 0.5) is 5.82 Å². The minimum absolute atomic E-state index is 0.0152. The molecule has 0 spiro atoms. The van der Waals surface area contributed by atoms with Crippen molar-refractivity contribution in [3.05, 3.63) is 89.1 Å². The van der Waals surface area contributed by atoms with Gasteiger partial charge in [0.25, 0.3) is 0 Å². The van der Waals surface area contributed by atoms with Gasteiger partial charge in [-0.3, -0.25) is 9.59 Å². The van der Waals surface area contributed by atoms with Crippen molar-refractivity contribution < 1.29 is 34.8 Å². The molecule has 2 fully saturated rings. The van der Waals surface area contributed by atoms with E-state index in [0.717, 1.165) is 67.3 Å². The summed E-state index contributed by atoms with van der Waals surface area (Å²) in [6.45, 7) is 1.00. The Bertz CT molecular complexity index is 1940. The highest BCUT2D eigenvalue weighted by Gasteiger charge is 2.37. The topological polar surface area (TPSA) is 175 Å². The van der Waals surface area contributed by atoms with Crippen LogP contribution in [-0.2, 0) is 16.0 Å². The Balaban J connectivity index is 1.15. The number of hydrogen-bond donors (Lipinski definition) is 6. The third kappa shape index (κ3) is 12.3. The first kappa shape index (κ1) is 44.0. The number of hydrogen-bond acceptors (Lipinski definition) is 10. The highest BCUT2D eigenvalue weighted by molar-refractivity contribution is 5.85. The minimum Gasteiger partial charge on any atom is -0.504 e. The van der Waals surface area contributed by atoms with Crippen molar-refractivity contribution in [2.45, 2.75) is 120 Å². The summed E-state index contributed by atoms with van der Waals surface area (Å²) in [5, 5.41) is 47.4. The number of Topliss-reactive ketones (excluding diaryl/α,β-unsaturated/α-hetero) is 2. The number of ether oxygens (including phenoxy) is 1. The summed E-state index contributed by atoms with van der Waals surface area (Å²) in [5.41, 5.74) is 9.71. The number of pyridine rings is 1. The molecule has 0 amide bonds. The van der Waals surface area contributed by atoms with E-state index in [0.29, 0.717) is 80.1 Å². The van der Waals surface area contributed by atoms with Crippen molar-refractivity contribution >= 4 is 23.5 Å². The van der Waals surface area contributed by atoms with Gasteiger partial charge in [-0.1, -0.05) is 67.2 Å². The zero-order chi connectivity index (χ0) is 41.7. The lowest BCUT2D eigenvalue weighted by Gasteiger charge is -2.42. The van der Waals surface area contributed by atoms with Crippen LogP contribution < -0.4 is 15.8 Å². The molecule has 1 saturated carbocycles. The molecule has 2 heterocycles. The Morgan fingerprint density at radius 3 is 2.59 bits per heavy atom. The van der Waals surface area contributed by atoms with Gasteiger partial charge in [-0.05, 0) is 129 Å². The molecule has 9 atom stereocenters. The maximum absolute atomic E-state index is 13.8. The predicted octanol–water partition coefficient (Wildman–Crippen LogP) is 6.89. The number of fused-ring (bicyclic) bond motifs is 2. The van der Waals surface area contributed by atoms with Crippen LogP contribution >= 0.6 is 0 Å². The number of benzene rings is 2. The summed E-state index contributed by atoms with van der Waals surface area (Å²) in [4.78, 5) is 30.0. The Morgan fingerprint density at radius 1 is 1.00 bits per heavy atom. The summed E-state index contributed by atoms with van der Waals surface area (Å²) >= 11 is 0. The number of anilines is 1. The van der Waals surface area contributed by atoms with E-state index >= 15 is 0 Å². The first-order chi connectivity index (χ1) is 28.6. The Kier molecular flexibility index (Phi) is 16.2. The second kappa shape index (κ2) is 21.6. The number of nitrogens with zero attached hydrogens (tertiary/aromatic N) is 1. The number of aromatic nitrogens is 1. The summed E-state index contributed by atoms with van der Waals surface area (Å²) < 4.78 is 5.44. The summed E-state index contributed by atoms with van der Waals surface area (Å²) in [6.07, 6.45) is 13.0. The molecule has 2 aromatic carbocycles. The second-order valence-corrected chi connectivity index (χ2v) is 17.0. The second-order valence-electron chi connectivity index (χ2n) is 17.0. The number of aliphatic hydroxyl groups is 3. The van der Waals surface area contributed by atoms with Crippen LogP contribution in [0.15, 0.2) is 66.9 Å². The molecule has 1 aliphatic heterocycles. The van der Waals surface area contributed by atoms with E-state index in [2.05, 4.69) is 28.2 Å². The number of aliphatic hydroxyl groups excluding tert-OH is 3. The molecule has 2 aliphatic carbocycles. The molecule has 1 aromatic heterocycles. The number of allylic oxidation sites excluding steroid dienone is 1. The third-order valence-corrected chi connectivity index (χ3v) is 13.0. The number of carbonyl (C=O) groups excluding carboxylic acids is 2. The molecule has 6 rings (SSSR count). The van der Waals surface area contributed by atoms with E-state index in [9.17, 15) is 30.0 Å². The number of piperidine rings is 1. The van der Waals surface area contributed by atoms with Crippen molar-refractivity contribution in [1.82, 2.24) is 10.3 Å².